The number of hydrogen-bond donors (Lipinski definition) is 0. The third-order valence-electron chi connectivity index (χ3n) is 4.07. The molecule has 0 aromatic heterocycles. The Balaban J connectivity index is 2.95. The van der Waals surface area contributed by atoms with Gasteiger partial charge in [0.05, 0.1) is 24.9 Å². The Hall–Kier alpha value is -1.10. The zero-order chi connectivity index (χ0) is 16.1. The quantitative estimate of drug-likeness (QED) is 0.534. The van der Waals surface area contributed by atoms with Gasteiger partial charge in [0.2, 0.25) is 0 Å². The van der Waals surface area contributed by atoms with Gasteiger partial charge in [-0.1, -0.05) is 6.92 Å². The van der Waals surface area contributed by atoms with Crippen LogP contribution >= 0.6 is 0 Å². The highest BCUT2D eigenvalue weighted by atomic mass is 16.6. The highest BCUT2D eigenvalue weighted by Crippen LogP contribution is 2.39. The van der Waals surface area contributed by atoms with Crippen molar-refractivity contribution >= 4 is 11.9 Å². The van der Waals surface area contributed by atoms with Crippen LogP contribution in [0.1, 0.15) is 60.3 Å². The number of ether oxygens (including phenoxy) is 3. The lowest BCUT2D eigenvalue weighted by Gasteiger charge is -2.31. The fourth-order valence-corrected chi connectivity index (χ4v) is 2.83. The molecule has 0 bridgehead atoms. The summed E-state index contributed by atoms with van der Waals surface area (Å²) in [5, 5.41) is 0. The molecule has 0 radical (unpaired) electrons. The van der Waals surface area contributed by atoms with Crippen molar-refractivity contribution < 1.29 is 23.8 Å². The van der Waals surface area contributed by atoms with Crippen LogP contribution in [-0.4, -0.2) is 36.9 Å². The number of carbonyl (C=O) groups is 2. The van der Waals surface area contributed by atoms with Gasteiger partial charge in [0.25, 0.3) is 0 Å². The third kappa shape index (κ3) is 4.19. The van der Waals surface area contributed by atoms with E-state index in [0.29, 0.717) is 12.8 Å². The zero-order valence-electron chi connectivity index (χ0n) is 13.9. The van der Waals surface area contributed by atoms with Crippen LogP contribution in [0.15, 0.2) is 0 Å². The van der Waals surface area contributed by atoms with E-state index in [9.17, 15) is 9.59 Å². The molecule has 0 amide bonds. The molecule has 1 unspecified atom stereocenters. The molecule has 5 heteroatoms. The first-order chi connectivity index (χ1) is 9.81. The lowest BCUT2D eigenvalue weighted by Crippen LogP contribution is -2.44. The fraction of sp³-hybridized carbons (Fsp3) is 0.875. The van der Waals surface area contributed by atoms with Gasteiger partial charge in [-0.2, -0.15) is 0 Å². The highest BCUT2D eigenvalue weighted by molar-refractivity contribution is 6.00. The predicted octanol–water partition coefficient (Wildman–Crippen LogP) is 2.86. The van der Waals surface area contributed by atoms with E-state index in [1.807, 2.05) is 20.8 Å². The van der Waals surface area contributed by atoms with Crippen molar-refractivity contribution in [3.8, 4) is 0 Å². The van der Waals surface area contributed by atoms with E-state index in [1.165, 1.54) is 0 Å². The van der Waals surface area contributed by atoms with E-state index in [1.54, 1.807) is 13.8 Å². The summed E-state index contributed by atoms with van der Waals surface area (Å²) in [4.78, 5) is 24.8. The summed E-state index contributed by atoms with van der Waals surface area (Å²) in [6.07, 6.45) is 2.32. The highest BCUT2D eigenvalue weighted by Gasteiger charge is 2.50. The lowest BCUT2D eigenvalue weighted by atomic mass is 9.79. The molecule has 5 nitrogen and oxygen atoms in total. The van der Waals surface area contributed by atoms with E-state index in [0.717, 1.165) is 12.8 Å². The van der Waals surface area contributed by atoms with E-state index in [-0.39, 0.29) is 24.9 Å². The molecule has 122 valence electrons. The Morgan fingerprint density at radius 1 is 1.14 bits per heavy atom. The second-order valence-electron chi connectivity index (χ2n) is 6.12. The molecule has 0 aliphatic carbocycles. The molecule has 21 heavy (non-hydrogen) atoms. The summed E-state index contributed by atoms with van der Waals surface area (Å²) >= 11 is 0. The van der Waals surface area contributed by atoms with Crippen LogP contribution in [0.2, 0.25) is 0 Å². The predicted molar refractivity (Wildman–Crippen MR) is 78.8 cm³/mol. The van der Waals surface area contributed by atoms with Gasteiger partial charge in [-0.15, -0.1) is 0 Å². The van der Waals surface area contributed by atoms with Crippen molar-refractivity contribution in [3.63, 3.8) is 0 Å². The molecule has 0 aromatic carbocycles. The van der Waals surface area contributed by atoms with E-state index >= 15 is 0 Å². The average Bonchev–Trinajstić information content (AvgIpc) is 2.75. The van der Waals surface area contributed by atoms with Crippen LogP contribution in [0.25, 0.3) is 0 Å². The Kier molecular flexibility index (Phi) is 6.20. The maximum absolute atomic E-state index is 12.4. The molecule has 1 saturated heterocycles. The van der Waals surface area contributed by atoms with E-state index in [2.05, 4.69) is 0 Å². The SMILES string of the molecule is CCOC(=O)C(CC)(CC1CCC(C)(C)O1)C(=O)OCC. The number of hydrogen-bond acceptors (Lipinski definition) is 5. The van der Waals surface area contributed by atoms with Crippen LogP contribution in [0.5, 0.6) is 0 Å². The topological polar surface area (TPSA) is 61.8 Å². The molecule has 0 spiro atoms. The second kappa shape index (κ2) is 7.25. The number of carbonyl (C=O) groups excluding carboxylic acids is 2. The third-order valence-corrected chi connectivity index (χ3v) is 4.07. The molecule has 0 N–H and O–H groups in total. The minimum absolute atomic E-state index is 0.117. The van der Waals surface area contributed by atoms with Crippen molar-refractivity contribution in [3.05, 3.63) is 0 Å². The molecule has 1 atom stereocenters. The average molecular weight is 300 g/mol. The normalized spacial score (nSPS) is 21.1. The summed E-state index contributed by atoms with van der Waals surface area (Å²) in [7, 11) is 0. The first kappa shape index (κ1) is 18.0. The smallest absolute Gasteiger partial charge is 0.323 e. The van der Waals surface area contributed by atoms with Crippen LogP contribution < -0.4 is 0 Å². The van der Waals surface area contributed by atoms with Crippen molar-refractivity contribution in [2.75, 3.05) is 13.2 Å². The first-order valence-corrected chi connectivity index (χ1v) is 7.83. The van der Waals surface area contributed by atoms with Crippen molar-refractivity contribution in [1.82, 2.24) is 0 Å². The molecule has 0 saturated carbocycles. The molecule has 1 fully saturated rings. The van der Waals surface area contributed by atoms with Crippen molar-refractivity contribution in [2.45, 2.75) is 72.0 Å². The number of rotatable bonds is 7. The Morgan fingerprint density at radius 3 is 2.00 bits per heavy atom. The first-order valence-electron chi connectivity index (χ1n) is 7.83. The van der Waals surface area contributed by atoms with Gasteiger partial charge < -0.3 is 14.2 Å². The van der Waals surface area contributed by atoms with Crippen molar-refractivity contribution in [2.24, 2.45) is 5.41 Å². The Labute approximate surface area is 127 Å². The maximum atomic E-state index is 12.4. The monoisotopic (exact) mass is 300 g/mol. The largest absolute Gasteiger partial charge is 0.465 e. The van der Waals surface area contributed by atoms with E-state index in [4.69, 9.17) is 14.2 Å². The zero-order valence-corrected chi connectivity index (χ0v) is 13.9. The van der Waals surface area contributed by atoms with Gasteiger partial charge in [-0.05, 0) is 47.0 Å². The summed E-state index contributed by atoms with van der Waals surface area (Å²) in [6.45, 7) is 9.82. The standard InChI is InChI=1S/C16H28O5/c1-6-16(13(17)19-7-2,14(18)20-8-3)11-12-9-10-15(4,5)21-12/h12H,6-11H2,1-5H3. The summed E-state index contributed by atoms with van der Waals surface area (Å²) < 4.78 is 16.2. The molecule has 0 aromatic rings. The van der Waals surface area contributed by atoms with E-state index < -0.39 is 17.4 Å². The molecule has 1 rings (SSSR count). The minimum Gasteiger partial charge on any atom is -0.465 e. The van der Waals surface area contributed by atoms with Crippen LogP contribution in [0, 0.1) is 5.41 Å². The van der Waals surface area contributed by atoms with Crippen molar-refractivity contribution in [1.29, 1.82) is 0 Å². The molecular weight excluding hydrogens is 272 g/mol. The molecule has 1 aliphatic rings. The van der Waals surface area contributed by atoms with Crippen LogP contribution in [0.3, 0.4) is 0 Å². The summed E-state index contributed by atoms with van der Waals surface area (Å²) in [5.74, 6) is -1.00. The van der Waals surface area contributed by atoms with Gasteiger partial charge >= 0.3 is 11.9 Å². The Bertz CT molecular complexity index is 357. The number of esters is 2. The van der Waals surface area contributed by atoms with Gasteiger partial charge in [0, 0.05) is 6.42 Å². The second-order valence-corrected chi connectivity index (χ2v) is 6.12. The molecular formula is C16H28O5. The summed E-state index contributed by atoms with van der Waals surface area (Å²) in [5.41, 5.74) is -1.45. The minimum atomic E-state index is -1.25. The molecule has 1 heterocycles. The van der Waals surface area contributed by atoms with Gasteiger partial charge in [0.15, 0.2) is 5.41 Å². The van der Waals surface area contributed by atoms with Crippen LogP contribution in [-0.2, 0) is 23.8 Å². The molecule has 1 aliphatic heterocycles. The summed E-state index contributed by atoms with van der Waals surface area (Å²) in [6, 6.07) is 0. The maximum Gasteiger partial charge on any atom is 0.323 e. The van der Waals surface area contributed by atoms with Gasteiger partial charge in [-0.25, -0.2) is 0 Å². The van der Waals surface area contributed by atoms with Gasteiger partial charge in [-0.3, -0.25) is 9.59 Å². The van der Waals surface area contributed by atoms with Gasteiger partial charge in [0.1, 0.15) is 0 Å². The van der Waals surface area contributed by atoms with Crippen LogP contribution in [0.4, 0.5) is 0 Å². The Morgan fingerprint density at radius 2 is 1.67 bits per heavy atom. The fourth-order valence-electron chi connectivity index (χ4n) is 2.83. The lowest BCUT2D eigenvalue weighted by molar-refractivity contribution is -0.176.